The van der Waals surface area contributed by atoms with Crippen molar-refractivity contribution in [2.75, 3.05) is 25.1 Å². The highest BCUT2D eigenvalue weighted by Gasteiger charge is 2.25. The number of benzene rings is 2. The fourth-order valence-corrected chi connectivity index (χ4v) is 4.61. The summed E-state index contributed by atoms with van der Waals surface area (Å²) in [6, 6.07) is 11.7. The van der Waals surface area contributed by atoms with Crippen LogP contribution < -0.4 is 15.0 Å². The number of carbonyl (C=O) groups excluding carboxylic acids is 1. The molecular weight excluding hydrogens is 418 g/mol. The fraction of sp³-hybridized carbons (Fsp3) is 0.304. The molecule has 30 heavy (non-hydrogen) atoms. The van der Waals surface area contributed by atoms with Gasteiger partial charge in [-0.3, -0.25) is 4.79 Å². The first-order valence-corrected chi connectivity index (χ1v) is 11.2. The smallest absolute Gasteiger partial charge is 0.264 e. The van der Waals surface area contributed by atoms with Crippen LogP contribution >= 0.6 is 23.4 Å². The van der Waals surface area contributed by atoms with Gasteiger partial charge in [0.1, 0.15) is 5.75 Å². The van der Waals surface area contributed by atoms with Crippen molar-refractivity contribution >= 4 is 51.9 Å². The standard InChI is InChI=1S/C23H24ClN3O2S/c1-15-18(24)7-6-8-19(15)25-23-26-22(28)21(30-23)13-16-9-10-17(14-20(16)29-2)27-11-4-3-5-12-27/h6-10,13-14H,3-5,11-12H2,1-2H3,(H,25,26,28)/b21-13+. The van der Waals surface area contributed by atoms with Gasteiger partial charge >= 0.3 is 0 Å². The quantitative estimate of drug-likeness (QED) is 0.633. The average Bonchev–Trinajstić information content (AvgIpc) is 3.11. The van der Waals surface area contributed by atoms with Crippen LogP contribution in [0.25, 0.3) is 6.08 Å². The van der Waals surface area contributed by atoms with E-state index >= 15 is 0 Å². The van der Waals surface area contributed by atoms with E-state index in [1.165, 1.54) is 31.0 Å². The highest BCUT2D eigenvalue weighted by atomic mass is 35.5. The summed E-state index contributed by atoms with van der Waals surface area (Å²) >= 11 is 7.49. The lowest BCUT2D eigenvalue weighted by Crippen LogP contribution is -2.29. The summed E-state index contributed by atoms with van der Waals surface area (Å²) in [4.78, 5) is 20.0. The summed E-state index contributed by atoms with van der Waals surface area (Å²) in [5.41, 5.74) is 3.66. The zero-order chi connectivity index (χ0) is 21.1. The van der Waals surface area contributed by atoms with Gasteiger partial charge in [-0.2, -0.15) is 0 Å². The van der Waals surface area contributed by atoms with E-state index in [9.17, 15) is 4.79 Å². The van der Waals surface area contributed by atoms with Gasteiger partial charge in [0.25, 0.3) is 5.91 Å². The molecule has 2 fully saturated rings. The van der Waals surface area contributed by atoms with E-state index < -0.39 is 0 Å². The van der Waals surface area contributed by atoms with Crippen LogP contribution in [0.3, 0.4) is 0 Å². The summed E-state index contributed by atoms with van der Waals surface area (Å²) in [6.07, 6.45) is 5.59. The SMILES string of the molecule is COc1cc(N2CCCCC2)ccc1/C=C1/SC(=Nc2cccc(Cl)c2C)NC1=O. The van der Waals surface area contributed by atoms with Crippen LogP contribution in [0.15, 0.2) is 46.3 Å². The minimum Gasteiger partial charge on any atom is -0.496 e. The Morgan fingerprint density at radius 3 is 2.77 bits per heavy atom. The molecule has 5 nitrogen and oxygen atoms in total. The predicted molar refractivity (Wildman–Crippen MR) is 126 cm³/mol. The van der Waals surface area contributed by atoms with Crippen LogP contribution in [-0.2, 0) is 4.79 Å². The van der Waals surface area contributed by atoms with E-state index in [0.717, 1.165) is 41.3 Å². The highest BCUT2D eigenvalue weighted by molar-refractivity contribution is 8.18. The van der Waals surface area contributed by atoms with E-state index in [-0.39, 0.29) is 5.91 Å². The third-order valence-corrected chi connectivity index (χ3v) is 6.66. The number of anilines is 1. The van der Waals surface area contributed by atoms with Gasteiger partial charge in [0, 0.05) is 35.4 Å². The second-order valence-electron chi connectivity index (χ2n) is 7.34. The molecule has 0 atom stereocenters. The summed E-state index contributed by atoms with van der Waals surface area (Å²) in [7, 11) is 1.66. The number of methoxy groups -OCH3 is 1. The minimum atomic E-state index is -0.166. The van der Waals surface area contributed by atoms with Gasteiger partial charge < -0.3 is 15.0 Å². The number of thioether (sulfide) groups is 1. The Morgan fingerprint density at radius 1 is 1.20 bits per heavy atom. The molecule has 2 heterocycles. The number of rotatable bonds is 4. The van der Waals surface area contributed by atoms with E-state index in [1.807, 2.05) is 37.3 Å². The molecule has 2 saturated heterocycles. The van der Waals surface area contributed by atoms with Gasteiger partial charge in [-0.25, -0.2) is 4.99 Å². The maximum absolute atomic E-state index is 12.5. The normalized spacial score (nSPS) is 19.4. The van der Waals surface area contributed by atoms with Crippen molar-refractivity contribution in [3.8, 4) is 5.75 Å². The van der Waals surface area contributed by atoms with Crippen molar-refractivity contribution in [1.29, 1.82) is 0 Å². The Labute approximate surface area is 186 Å². The van der Waals surface area contributed by atoms with Gasteiger partial charge in [0.15, 0.2) is 5.17 Å². The van der Waals surface area contributed by atoms with Gasteiger partial charge in [-0.15, -0.1) is 0 Å². The molecule has 0 radical (unpaired) electrons. The molecule has 0 saturated carbocycles. The van der Waals surface area contributed by atoms with E-state index in [4.69, 9.17) is 16.3 Å². The first-order chi connectivity index (χ1) is 14.5. The lowest BCUT2D eigenvalue weighted by Gasteiger charge is -2.29. The number of nitrogens with one attached hydrogen (secondary N) is 1. The third-order valence-electron chi connectivity index (χ3n) is 5.34. The van der Waals surface area contributed by atoms with Crippen molar-refractivity contribution in [3.63, 3.8) is 0 Å². The number of hydrogen-bond acceptors (Lipinski definition) is 5. The number of carbonyl (C=O) groups is 1. The maximum atomic E-state index is 12.5. The molecule has 2 aliphatic heterocycles. The molecule has 0 aromatic heterocycles. The largest absolute Gasteiger partial charge is 0.496 e. The van der Waals surface area contributed by atoms with Crippen LogP contribution in [-0.4, -0.2) is 31.3 Å². The first kappa shape index (κ1) is 20.8. The molecule has 0 spiro atoms. The van der Waals surface area contributed by atoms with Crippen LogP contribution in [0.4, 0.5) is 11.4 Å². The van der Waals surface area contributed by atoms with E-state index in [1.54, 1.807) is 7.11 Å². The van der Waals surface area contributed by atoms with Crippen LogP contribution in [0, 0.1) is 6.92 Å². The van der Waals surface area contributed by atoms with Gasteiger partial charge in [0.05, 0.1) is 17.7 Å². The number of halogens is 1. The molecule has 4 rings (SSSR count). The molecule has 1 N–H and O–H groups in total. The molecule has 0 aliphatic carbocycles. The third kappa shape index (κ3) is 4.50. The van der Waals surface area contributed by atoms with Crippen molar-refractivity contribution in [1.82, 2.24) is 5.32 Å². The Balaban J connectivity index is 1.57. The van der Waals surface area contributed by atoms with Gasteiger partial charge in [-0.05, 0) is 73.9 Å². The van der Waals surface area contributed by atoms with Crippen LogP contribution in [0.5, 0.6) is 5.75 Å². The summed E-state index contributed by atoms with van der Waals surface area (Å²) in [6.45, 7) is 4.06. The number of nitrogens with zero attached hydrogens (tertiary/aromatic N) is 2. The lowest BCUT2D eigenvalue weighted by molar-refractivity contribution is -0.115. The summed E-state index contributed by atoms with van der Waals surface area (Å²) in [5.74, 6) is 0.593. The molecular formula is C23H24ClN3O2S. The molecule has 2 aliphatic rings. The topological polar surface area (TPSA) is 53.9 Å². The van der Waals surface area contributed by atoms with Crippen LogP contribution in [0.2, 0.25) is 5.02 Å². The number of piperidine rings is 1. The Bertz CT molecular complexity index is 1030. The first-order valence-electron chi connectivity index (χ1n) is 10.0. The molecule has 1 amide bonds. The van der Waals surface area contributed by atoms with E-state index in [2.05, 4.69) is 27.3 Å². The zero-order valence-corrected chi connectivity index (χ0v) is 18.6. The average molecular weight is 442 g/mol. The monoisotopic (exact) mass is 441 g/mol. The molecule has 7 heteroatoms. The Hall–Kier alpha value is -2.44. The Morgan fingerprint density at radius 2 is 2.00 bits per heavy atom. The molecule has 2 aromatic rings. The fourth-order valence-electron chi connectivity index (χ4n) is 3.62. The van der Waals surface area contributed by atoms with Crippen molar-refractivity contribution in [2.45, 2.75) is 26.2 Å². The minimum absolute atomic E-state index is 0.166. The number of hydrogen-bond donors (Lipinski definition) is 1. The molecule has 0 unspecified atom stereocenters. The second kappa shape index (κ2) is 9.14. The summed E-state index contributed by atoms with van der Waals surface area (Å²) in [5, 5.41) is 4.03. The van der Waals surface area contributed by atoms with Gasteiger partial charge in [-0.1, -0.05) is 17.7 Å². The maximum Gasteiger partial charge on any atom is 0.264 e. The zero-order valence-electron chi connectivity index (χ0n) is 17.1. The molecule has 0 bridgehead atoms. The lowest BCUT2D eigenvalue weighted by atomic mass is 10.1. The van der Waals surface area contributed by atoms with Crippen molar-refractivity contribution < 1.29 is 9.53 Å². The van der Waals surface area contributed by atoms with Crippen LogP contribution in [0.1, 0.15) is 30.4 Å². The molecule has 2 aromatic carbocycles. The second-order valence-corrected chi connectivity index (χ2v) is 8.78. The number of aliphatic imine (C=N–C) groups is 1. The number of amidine groups is 1. The van der Waals surface area contributed by atoms with Crippen molar-refractivity contribution in [2.24, 2.45) is 4.99 Å². The summed E-state index contributed by atoms with van der Waals surface area (Å²) < 4.78 is 5.62. The highest BCUT2D eigenvalue weighted by Crippen LogP contribution is 2.34. The molecule has 156 valence electrons. The Kier molecular flexibility index (Phi) is 6.35. The number of ether oxygens (including phenoxy) is 1. The van der Waals surface area contributed by atoms with Crippen molar-refractivity contribution in [3.05, 3.63) is 57.5 Å². The van der Waals surface area contributed by atoms with E-state index in [0.29, 0.717) is 15.1 Å². The number of amides is 1. The van der Waals surface area contributed by atoms with Gasteiger partial charge in [0.2, 0.25) is 0 Å². The predicted octanol–water partition coefficient (Wildman–Crippen LogP) is 5.54.